The van der Waals surface area contributed by atoms with Crippen molar-refractivity contribution in [2.24, 2.45) is 0 Å². The fraction of sp³-hybridized carbons (Fsp3) is 0.600. The summed E-state index contributed by atoms with van der Waals surface area (Å²) in [6.45, 7) is 16.6. The quantitative estimate of drug-likeness (QED) is 0.680. The van der Waals surface area contributed by atoms with Crippen LogP contribution in [0.4, 0.5) is 0 Å². The maximum atomic E-state index is 5.95. The highest BCUT2D eigenvalue weighted by atomic mass is 16.5. The average molecular weight is 497 g/mol. The number of benzene rings is 2. The Balaban J connectivity index is 1.49. The smallest absolute Gasteiger partial charge is 0.0701 e. The Morgan fingerprint density at radius 2 is 1.11 bits per heavy atom. The number of likely N-dealkylation sites (N-methyl/N-ethyl adjacent to an activating group) is 1. The first kappa shape index (κ1) is 28.8. The minimum atomic E-state index is 0.658. The average Bonchev–Trinajstić information content (AvgIpc) is 2.91. The zero-order valence-electron chi connectivity index (χ0n) is 22.5. The molecule has 1 saturated heterocycles. The van der Waals surface area contributed by atoms with Crippen LogP contribution < -0.4 is 5.32 Å². The lowest BCUT2D eigenvalue weighted by molar-refractivity contribution is 0.0293. The standard InChI is InChI=1S/C30H48N4O2/c1-2-32-18-10-19-34(28-30-13-7-4-8-14-30)22-24-36-26-25-35-23-21-33(17-9-15-31-16-20-32)27-29-11-5-3-6-12-29/h3-8,11-14,31H,2,9-10,15-28H2,1H3. The molecule has 0 saturated carbocycles. The molecule has 1 N–H and O–H groups in total. The zero-order chi connectivity index (χ0) is 25.1. The van der Waals surface area contributed by atoms with Crippen LogP contribution in [0.15, 0.2) is 60.7 Å². The van der Waals surface area contributed by atoms with Crippen molar-refractivity contribution in [1.82, 2.24) is 20.0 Å². The van der Waals surface area contributed by atoms with Crippen molar-refractivity contribution in [1.29, 1.82) is 0 Å². The Morgan fingerprint density at radius 1 is 0.583 bits per heavy atom. The van der Waals surface area contributed by atoms with Gasteiger partial charge in [-0.25, -0.2) is 0 Å². The number of rotatable bonds is 5. The van der Waals surface area contributed by atoms with Gasteiger partial charge in [0.25, 0.3) is 0 Å². The first-order valence-electron chi connectivity index (χ1n) is 13.9. The summed E-state index contributed by atoms with van der Waals surface area (Å²) in [6, 6.07) is 21.5. The van der Waals surface area contributed by atoms with Gasteiger partial charge in [0.2, 0.25) is 0 Å². The predicted molar refractivity (Wildman–Crippen MR) is 149 cm³/mol. The Bertz CT molecular complexity index is 777. The second-order valence-electron chi connectivity index (χ2n) is 9.64. The Hall–Kier alpha value is -1.80. The van der Waals surface area contributed by atoms with E-state index in [-0.39, 0.29) is 0 Å². The normalized spacial score (nSPS) is 20.1. The van der Waals surface area contributed by atoms with E-state index in [0.717, 1.165) is 91.6 Å². The molecule has 36 heavy (non-hydrogen) atoms. The van der Waals surface area contributed by atoms with E-state index in [1.165, 1.54) is 17.5 Å². The summed E-state index contributed by atoms with van der Waals surface area (Å²) in [5, 5.41) is 3.67. The molecule has 0 bridgehead atoms. The third-order valence-corrected chi connectivity index (χ3v) is 6.80. The van der Waals surface area contributed by atoms with E-state index < -0.39 is 0 Å². The summed E-state index contributed by atoms with van der Waals surface area (Å²) in [6.07, 6.45) is 2.33. The van der Waals surface area contributed by atoms with E-state index in [2.05, 4.69) is 87.6 Å². The predicted octanol–water partition coefficient (Wildman–Crippen LogP) is 3.73. The molecule has 2 aromatic carbocycles. The molecule has 1 aliphatic rings. The molecule has 6 heteroatoms. The van der Waals surface area contributed by atoms with Gasteiger partial charge in [0, 0.05) is 39.3 Å². The summed E-state index contributed by atoms with van der Waals surface area (Å²) in [5.41, 5.74) is 2.73. The van der Waals surface area contributed by atoms with Crippen LogP contribution >= 0.6 is 0 Å². The second-order valence-corrected chi connectivity index (χ2v) is 9.64. The van der Waals surface area contributed by atoms with Gasteiger partial charge in [-0.05, 0) is 56.7 Å². The maximum Gasteiger partial charge on any atom is 0.0701 e. The lowest BCUT2D eigenvalue weighted by atomic mass is 10.2. The number of nitrogens with one attached hydrogen (secondary N) is 1. The molecule has 1 heterocycles. The first-order valence-corrected chi connectivity index (χ1v) is 13.9. The highest BCUT2D eigenvalue weighted by Crippen LogP contribution is 2.07. The van der Waals surface area contributed by atoms with Gasteiger partial charge in [0.15, 0.2) is 0 Å². The molecule has 200 valence electrons. The monoisotopic (exact) mass is 496 g/mol. The molecule has 1 fully saturated rings. The topological polar surface area (TPSA) is 40.2 Å². The lowest BCUT2D eigenvalue weighted by Crippen LogP contribution is -2.36. The Labute approximate surface area is 219 Å². The molecular weight excluding hydrogens is 448 g/mol. The molecular formula is C30H48N4O2. The van der Waals surface area contributed by atoms with E-state index in [0.29, 0.717) is 13.2 Å². The van der Waals surface area contributed by atoms with Crippen molar-refractivity contribution in [2.45, 2.75) is 32.9 Å². The van der Waals surface area contributed by atoms with E-state index in [1.807, 2.05) is 0 Å². The minimum Gasteiger partial charge on any atom is -0.378 e. The Morgan fingerprint density at radius 3 is 1.67 bits per heavy atom. The molecule has 0 spiro atoms. The summed E-state index contributed by atoms with van der Waals surface area (Å²) in [7, 11) is 0. The largest absolute Gasteiger partial charge is 0.378 e. The van der Waals surface area contributed by atoms with E-state index in [9.17, 15) is 0 Å². The van der Waals surface area contributed by atoms with Crippen molar-refractivity contribution in [2.75, 3.05) is 85.3 Å². The number of hydrogen-bond acceptors (Lipinski definition) is 6. The van der Waals surface area contributed by atoms with Crippen LogP contribution in [0.1, 0.15) is 30.9 Å². The van der Waals surface area contributed by atoms with Gasteiger partial charge in [-0.1, -0.05) is 67.6 Å². The van der Waals surface area contributed by atoms with Crippen LogP contribution in [-0.4, -0.2) is 100 Å². The third kappa shape index (κ3) is 12.4. The van der Waals surface area contributed by atoms with Gasteiger partial charge >= 0.3 is 0 Å². The number of nitrogens with zero attached hydrogens (tertiary/aromatic N) is 3. The summed E-state index contributed by atoms with van der Waals surface area (Å²) < 4.78 is 11.9. The minimum absolute atomic E-state index is 0.658. The highest BCUT2D eigenvalue weighted by Gasteiger charge is 2.10. The van der Waals surface area contributed by atoms with E-state index >= 15 is 0 Å². The molecule has 6 nitrogen and oxygen atoms in total. The fourth-order valence-corrected chi connectivity index (χ4v) is 4.67. The number of ether oxygens (including phenoxy) is 2. The van der Waals surface area contributed by atoms with E-state index in [1.54, 1.807) is 0 Å². The summed E-state index contributed by atoms with van der Waals surface area (Å²) in [4.78, 5) is 7.61. The SMILES string of the molecule is CCN1CCCN(Cc2ccccc2)CCOCCOCCN(Cc2ccccc2)CCCNCC1. The molecule has 2 aromatic rings. The lowest BCUT2D eigenvalue weighted by Gasteiger charge is -2.26. The van der Waals surface area contributed by atoms with Gasteiger partial charge in [-0.3, -0.25) is 9.80 Å². The van der Waals surface area contributed by atoms with Crippen LogP contribution in [0.2, 0.25) is 0 Å². The van der Waals surface area contributed by atoms with Gasteiger partial charge in [-0.15, -0.1) is 0 Å². The molecule has 0 aliphatic carbocycles. The van der Waals surface area contributed by atoms with Crippen molar-refractivity contribution in [3.63, 3.8) is 0 Å². The van der Waals surface area contributed by atoms with Crippen LogP contribution in [0.5, 0.6) is 0 Å². The zero-order valence-corrected chi connectivity index (χ0v) is 22.5. The van der Waals surface area contributed by atoms with Crippen molar-refractivity contribution in [3.05, 3.63) is 71.8 Å². The molecule has 0 unspecified atom stereocenters. The van der Waals surface area contributed by atoms with Gasteiger partial charge in [0.1, 0.15) is 0 Å². The summed E-state index contributed by atoms with van der Waals surface area (Å²) in [5.74, 6) is 0. The Kier molecular flexibility index (Phi) is 14.7. The van der Waals surface area contributed by atoms with Gasteiger partial charge in [0.05, 0.1) is 26.4 Å². The first-order chi connectivity index (χ1) is 17.8. The highest BCUT2D eigenvalue weighted by molar-refractivity contribution is 5.15. The van der Waals surface area contributed by atoms with Crippen molar-refractivity contribution in [3.8, 4) is 0 Å². The molecule has 3 rings (SSSR count). The maximum absolute atomic E-state index is 5.95. The molecule has 1 aliphatic heterocycles. The molecule has 0 aromatic heterocycles. The van der Waals surface area contributed by atoms with Crippen LogP contribution in [0.25, 0.3) is 0 Å². The van der Waals surface area contributed by atoms with Gasteiger partial charge in [-0.2, -0.15) is 0 Å². The van der Waals surface area contributed by atoms with Gasteiger partial charge < -0.3 is 19.7 Å². The molecule has 0 amide bonds. The number of hydrogen-bond donors (Lipinski definition) is 1. The third-order valence-electron chi connectivity index (χ3n) is 6.80. The molecule has 0 radical (unpaired) electrons. The molecule has 0 atom stereocenters. The van der Waals surface area contributed by atoms with Crippen LogP contribution in [-0.2, 0) is 22.6 Å². The van der Waals surface area contributed by atoms with Crippen LogP contribution in [0, 0.1) is 0 Å². The van der Waals surface area contributed by atoms with Crippen molar-refractivity contribution < 1.29 is 9.47 Å². The van der Waals surface area contributed by atoms with Crippen molar-refractivity contribution >= 4 is 0 Å². The second kappa shape index (κ2) is 18.4. The van der Waals surface area contributed by atoms with E-state index in [4.69, 9.17) is 9.47 Å². The fourth-order valence-electron chi connectivity index (χ4n) is 4.67. The van der Waals surface area contributed by atoms with Crippen LogP contribution in [0.3, 0.4) is 0 Å². The summed E-state index contributed by atoms with van der Waals surface area (Å²) >= 11 is 0.